The molecule has 1 amide bonds. The molecule has 0 fully saturated rings. The second-order valence-corrected chi connectivity index (χ2v) is 7.55. The Morgan fingerprint density at radius 2 is 1.92 bits per heavy atom. The van der Waals surface area contributed by atoms with Crippen LogP contribution in [0, 0.1) is 3.57 Å². The number of nitrogens with zero attached hydrogens (tertiary/aromatic N) is 2. The van der Waals surface area contributed by atoms with Gasteiger partial charge in [0.2, 0.25) is 5.91 Å². The summed E-state index contributed by atoms with van der Waals surface area (Å²) in [7, 11) is 1.61. The highest BCUT2D eigenvalue weighted by molar-refractivity contribution is 14.1. The quantitative estimate of drug-likeness (QED) is 0.590. The lowest BCUT2D eigenvalue weighted by atomic mass is 10.1. The summed E-state index contributed by atoms with van der Waals surface area (Å²) in [5, 5.41) is 2.84. The summed E-state index contributed by atoms with van der Waals surface area (Å²) in [6.07, 6.45) is 3.77. The molecule has 7 heteroatoms. The molecule has 0 radical (unpaired) electrons. The molecule has 26 heavy (non-hydrogen) atoms. The fourth-order valence-corrected chi connectivity index (χ4v) is 3.43. The van der Waals surface area contributed by atoms with Gasteiger partial charge in [-0.1, -0.05) is 0 Å². The van der Waals surface area contributed by atoms with Crippen molar-refractivity contribution in [1.29, 1.82) is 0 Å². The van der Waals surface area contributed by atoms with Crippen LogP contribution in [0.1, 0.15) is 13.8 Å². The van der Waals surface area contributed by atoms with Crippen molar-refractivity contribution >= 4 is 34.0 Å². The predicted octanol–water partition coefficient (Wildman–Crippen LogP) is 2.91. The number of halogens is 1. The van der Waals surface area contributed by atoms with Crippen molar-refractivity contribution in [3.63, 3.8) is 0 Å². The van der Waals surface area contributed by atoms with Gasteiger partial charge in [-0.2, -0.15) is 0 Å². The van der Waals surface area contributed by atoms with Crippen molar-refractivity contribution < 1.29 is 9.53 Å². The van der Waals surface area contributed by atoms with Gasteiger partial charge in [0.25, 0.3) is 5.56 Å². The molecule has 2 aromatic heterocycles. The first-order valence-electron chi connectivity index (χ1n) is 8.24. The fraction of sp³-hybridized carbons (Fsp3) is 0.263. The van der Waals surface area contributed by atoms with Gasteiger partial charge < -0.3 is 14.5 Å². The summed E-state index contributed by atoms with van der Waals surface area (Å²) >= 11 is 2.17. The summed E-state index contributed by atoms with van der Waals surface area (Å²) < 4.78 is 9.49. The largest absolute Gasteiger partial charge is 0.497 e. The second-order valence-electron chi connectivity index (χ2n) is 6.31. The van der Waals surface area contributed by atoms with Crippen LogP contribution in [0.5, 0.6) is 5.75 Å². The van der Waals surface area contributed by atoms with Crippen LogP contribution < -0.4 is 15.6 Å². The number of amides is 1. The number of hydrogen-bond donors (Lipinski definition) is 1. The lowest BCUT2D eigenvalue weighted by molar-refractivity contribution is -0.122. The highest BCUT2D eigenvalue weighted by Gasteiger charge is 2.15. The Balaban J connectivity index is 2.16. The van der Waals surface area contributed by atoms with Crippen molar-refractivity contribution in [3.05, 3.63) is 56.6 Å². The van der Waals surface area contributed by atoms with Gasteiger partial charge in [-0.3, -0.25) is 14.2 Å². The highest BCUT2D eigenvalue weighted by atomic mass is 127. The van der Waals surface area contributed by atoms with Crippen LogP contribution in [-0.4, -0.2) is 28.0 Å². The number of nitrogens with one attached hydrogen (secondary N) is 1. The third-order valence-electron chi connectivity index (χ3n) is 3.97. The van der Waals surface area contributed by atoms with Crippen molar-refractivity contribution in [2.75, 3.05) is 7.11 Å². The van der Waals surface area contributed by atoms with Crippen LogP contribution in [0.4, 0.5) is 0 Å². The zero-order chi connectivity index (χ0) is 18.8. The first kappa shape index (κ1) is 18.5. The SMILES string of the molecule is COc1ccc(-c2cn3cc(I)cc3c(=O)n2CC(=O)NC(C)C)cc1. The van der Waals surface area contributed by atoms with E-state index in [2.05, 4.69) is 27.9 Å². The molecule has 0 bridgehead atoms. The molecule has 0 spiro atoms. The number of carbonyl (C=O) groups is 1. The van der Waals surface area contributed by atoms with Crippen molar-refractivity contribution in [1.82, 2.24) is 14.3 Å². The lowest BCUT2D eigenvalue weighted by Gasteiger charge is -2.15. The third-order valence-corrected chi connectivity index (χ3v) is 4.56. The molecule has 3 aromatic rings. The zero-order valence-corrected chi connectivity index (χ0v) is 17.0. The van der Waals surface area contributed by atoms with Gasteiger partial charge in [0.15, 0.2) is 0 Å². The van der Waals surface area contributed by atoms with Gasteiger partial charge >= 0.3 is 0 Å². The molecule has 136 valence electrons. The third kappa shape index (κ3) is 3.77. The van der Waals surface area contributed by atoms with E-state index in [0.29, 0.717) is 11.2 Å². The average Bonchev–Trinajstić information content (AvgIpc) is 2.97. The maximum Gasteiger partial charge on any atom is 0.275 e. The van der Waals surface area contributed by atoms with Crippen LogP contribution in [0.3, 0.4) is 0 Å². The minimum atomic E-state index is -0.194. The molecule has 6 nitrogen and oxygen atoms in total. The zero-order valence-electron chi connectivity index (χ0n) is 14.8. The molecule has 1 N–H and O–H groups in total. The molecule has 1 aromatic carbocycles. The molecule has 0 aliphatic heterocycles. The number of carbonyl (C=O) groups excluding carboxylic acids is 1. The Kier molecular flexibility index (Phi) is 5.36. The number of rotatable bonds is 5. The van der Waals surface area contributed by atoms with Crippen LogP contribution in [0.2, 0.25) is 0 Å². The fourth-order valence-electron chi connectivity index (χ4n) is 2.83. The van der Waals surface area contributed by atoms with Crippen molar-refractivity contribution in [2.24, 2.45) is 0 Å². The van der Waals surface area contributed by atoms with E-state index in [-0.39, 0.29) is 24.1 Å². The maximum atomic E-state index is 13.0. The molecular formula is C19H20IN3O3. The van der Waals surface area contributed by atoms with E-state index < -0.39 is 0 Å². The first-order valence-corrected chi connectivity index (χ1v) is 9.31. The monoisotopic (exact) mass is 465 g/mol. The van der Waals surface area contributed by atoms with Gasteiger partial charge in [-0.15, -0.1) is 0 Å². The van der Waals surface area contributed by atoms with E-state index in [0.717, 1.165) is 14.9 Å². The molecule has 3 rings (SSSR count). The summed E-state index contributed by atoms with van der Waals surface area (Å²) in [5.41, 5.74) is 1.87. The number of aromatic nitrogens is 2. The summed E-state index contributed by atoms with van der Waals surface area (Å²) in [4.78, 5) is 25.3. The van der Waals surface area contributed by atoms with Crippen LogP contribution in [0.25, 0.3) is 16.8 Å². The van der Waals surface area contributed by atoms with E-state index in [1.165, 1.54) is 4.57 Å². The van der Waals surface area contributed by atoms with E-state index in [1.807, 2.05) is 56.6 Å². The van der Waals surface area contributed by atoms with Crippen LogP contribution in [-0.2, 0) is 11.3 Å². The van der Waals surface area contributed by atoms with Gasteiger partial charge in [0.05, 0.1) is 12.8 Å². The molecular weight excluding hydrogens is 445 g/mol. The Labute approximate surface area is 164 Å². The topological polar surface area (TPSA) is 64.7 Å². The van der Waals surface area contributed by atoms with Crippen molar-refractivity contribution in [2.45, 2.75) is 26.4 Å². The van der Waals surface area contributed by atoms with Crippen molar-refractivity contribution in [3.8, 4) is 17.0 Å². The Morgan fingerprint density at radius 3 is 2.54 bits per heavy atom. The normalized spacial score (nSPS) is 11.1. The smallest absolute Gasteiger partial charge is 0.275 e. The number of benzene rings is 1. The Bertz CT molecular complexity index is 1000. The molecule has 0 aliphatic carbocycles. The van der Waals surface area contributed by atoms with Gasteiger partial charge in [-0.25, -0.2) is 0 Å². The maximum absolute atomic E-state index is 13.0. The summed E-state index contributed by atoms with van der Waals surface area (Å²) in [5.74, 6) is 0.541. The van der Waals surface area contributed by atoms with E-state index in [4.69, 9.17) is 4.74 Å². The second kappa shape index (κ2) is 7.53. The number of methoxy groups -OCH3 is 1. The van der Waals surface area contributed by atoms with Gasteiger partial charge in [-0.05, 0) is 66.8 Å². The standard InChI is InChI=1S/C19H20IN3O3/c1-12(2)21-18(24)11-23-17(13-4-6-15(26-3)7-5-13)10-22-9-14(20)8-16(22)19(23)25/h4-10,12H,11H2,1-3H3,(H,21,24). The lowest BCUT2D eigenvalue weighted by Crippen LogP contribution is -2.36. The minimum absolute atomic E-state index is 0.0145. The molecule has 2 heterocycles. The summed E-state index contributed by atoms with van der Waals surface area (Å²) in [6, 6.07) is 9.26. The summed E-state index contributed by atoms with van der Waals surface area (Å²) in [6.45, 7) is 3.75. The molecule has 0 unspecified atom stereocenters. The molecule has 0 saturated heterocycles. The van der Waals surface area contributed by atoms with Crippen LogP contribution in [0.15, 0.2) is 47.5 Å². The average molecular weight is 465 g/mol. The first-order chi connectivity index (χ1) is 12.4. The van der Waals surface area contributed by atoms with E-state index in [1.54, 1.807) is 11.5 Å². The van der Waals surface area contributed by atoms with Crippen LogP contribution >= 0.6 is 22.6 Å². The van der Waals surface area contributed by atoms with Gasteiger partial charge in [0, 0.05) is 27.6 Å². The Morgan fingerprint density at radius 1 is 1.23 bits per heavy atom. The highest BCUT2D eigenvalue weighted by Crippen LogP contribution is 2.23. The molecule has 0 saturated carbocycles. The Hall–Kier alpha value is -2.29. The molecule has 0 atom stereocenters. The number of fused-ring (bicyclic) bond motifs is 1. The minimum Gasteiger partial charge on any atom is -0.497 e. The van der Waals surface area contributed by atoms with E-state index in [9.17, 15) is 9.59 Å². The van der Waals surface area contributed by atoms with Gasteiger partial charge in [0.1, 0.15) is 17.8 Å². The number of hydrogen-bond acceptors (Lipinski definition) is 3. The number of ether oxygens (including phenoxy) is 1. The predicted molar refractivity (Wildman–Crippen MR) is 110 cm³/mol. The molecule has 0 aliphatic rings. The van der Waals surface area contributed by atoms with E-state index >= 15 is 0 Å².